The second kappa shape index (κ2) is 11.5. The van der Waals surface area contributed by atoms with Gasteiger partial charge in [-0.2, -0.15) is 0 Å². The van der Waals surface area contributed by atoms with Gasteiger partial charge >= 0.3 is 0 Å². The molecule has 2 aromatic carbocycles. The number of benzene rings is 2. The molecule has 2 N–H and O–H groups in total. The van der Waals surface area contributed by atoms with Crippen LogP contribution in [0.15, 0.2) is 53.5 Å². The number of guanidine groups is 1. The van der Waals surface area contributed by atoms with Gasteiger partial charge in [0.1, 0.15) is 12.4 Å². The molecule has 0 fully saturated rings. The van der Waals surface area contributed by atoms with E-state index in [1.807, 2.05) is 50.5 Å². The highest BCUT2D eigenvalue weighted by Crippen LogP contribution is 2.17. The van der Waals surface area contributed by atoms with Crippen molar-refractivity contribution in [2.75, 3.05) is 40.8 Å². The van der Waals surface area contributed by atoms with E-state index in [1.165, 1.54) is 5.56 Å². The van der Waals surface area contributed by atoms with Gasteiger partial charge in [0.15, 0.2) is 5.96 Å². The second-order valence-corrected chi connectivity index (χ2v) is 6.93. The first-order valence-corrected chi connectivity index (χ1v) is 9.50. The molecule has 0 aromatic heterocycles. The summed E-state index contributed by atoms with van der Waals surface area (Å²) in [5.74, 6) is 1.67. The van der Waals surface area contributed by atoms with Gasteiger partial charge in [-0.1, -0.05) is 41.9 Å². The lowest BCUT2D eigenvalue weighted by molar-refractivity contribution is 0.259. The summed E-state index contributed by atoms with van der Waals surface area (Å²) in [7, 11) is 5.85. The molecule has 0 saturated carbocycles. The molecule has 0 radical (unpaired) electrons. The molecule has 2 aromatic rings. The highest BCUT2D eigenvalue weighted by atomic mass is 35.5. The zero-order valence-corrected chi connectivity index (χ0v) is 17.1. The van der Waals surface area contributed by atoms with Gasteiger partial charge in [0.2, 0.25) is 0 Å². The van der Waals surface area contributed by atoms with E-state index in [4.69, 9.17) is 16.3 Å². The van der Waals surface area contributed by atoms with Crippen LogP contribution in [0.3, 0.4) is 0 Å². The Labute approximate surface area is 167 Å². The van der Waals surface area contributed by atoms with Crippen LogP contribution in [-0.2, 0) is 13.0 Å². The SMILES string of the molecule is CN=C(NCCc1cccc(Cl)c1)NCc1ccccc1OCCN(C)C. The predicted molar refractivity (Wildman–Crippen MR) is 114 cm³/mol. The number of hydrogen-bond donors (Lipinski definition) is 2. The van der Waals surface area contributed by atoms with E-state index >= 15 is 0 Å². The molecule has 0 unspecified atom stereocenters. The van der Waals surface area contributed by atoms with Crippen molar-refractivity contribution >= 4 is 17.6 Å². The predicted octanol–water partition coefficient (Wildman–Crippen LogP) is 3.19. The van der Waals surface area contributed by atoms with Crippen molar-refractivity contribution in [2.24, 2.45) is 4.99 Å². The maximum atomic E-state index is 6.03. The molecule has 5 nitrogen and oxygen atoms in total. The summed E-state index contributed by atoms with van der Waals surface area (Å²) in [6, 6.07) is 16.0. The molecule has 0 amide bonds. The fraction of sp³-hybridized carbons (Fsp3) is 0.381. The van der Waals surface area contributed by atoms with Crippen molar-refractivity contribution in [2.45, 2.75) is 13.0 Å². The van der Waals surface area contributed by atoms with Gasteiger partial charge in [0, 0.05) is 37.3 Å². The summed E-state index contributed by atoms with van der Waals surface area (Å²) < 4.78 is 5.91. The number of nitrogens with zero attached hydrogens (tertiary/aromatic N) is 2. The lowest BCUT2D eigenvalue weighted by atomic mass is 10.1. The first-order chi connectivity index (χ1) is 13.1. The Morgan fingerprint density at radius 1 is 1.11 bits per heavy atom. The molecule has 146 valence electrons. The van der Waals surface area contributed by atoms with E-state index in [0.717, 1.165) is 41.8 Å². The third kappa shape index (κ3) is 7.89. The Hall–Kier alpha value is -2.24. The average Bonchev–Trinajstić information content (AvgIpc) is 2.65. The Balaban J connectivity index is 1.81. The molecular formula is C21H29ClN4O. The lowest BCUT2D eigenvalue weighted by Crippen LogP contribution is -2.38. The zero-order valence-electron chi connectivity index (χ0n) is 16.3. The highest BCUT2D eigenvalue weighted by Gasteiger charge is 2.05. The molecule has 0 aliphatic heterocycles. The van der Waals surface area contributed by atoms with Crippen LogP contribution in [0.5, 0.6) is 5.75 Å². The lowest BCUT2D eigenvalue weighted by Gasteiger charge is -2.16. The maximum absolute atomic E-state index is 6.03. The number of nitrogens with one attached hydrogen (secondary N) is 2. The van der Waals surface area contributed by atoms with Crippen LogP contribution in [0.25, 0.3) is 0 Å². The van der Waals surface area contributed by atoms with Crippen LogP contribution < -0.4 is 15.4 Å². The van der Waals surface area contributed by atoms with Gasteiger partial charge in [0.05, 0.1) is 0 Å². The van der Waals surface area contributed by atoms with E-state index in [1.54, 1.807) is 7.05 Å². The fourth-order valence-electron chi connectivity index (χ4n) is 2.55. The molecule has 2 rings (SSSR count). The largest absolute Gasteiger partial charge is 0.492 e. The number of ether oxygens (including phenoxy) is 1. The first kappa shape index (κ1) is 21.1. The van der Waals surface area contributed by atoms with Crippen molar-refractivity contribution in [1.29, 1.82) is 0 Å². The molecule has 0 saturated heterocycles. The van der Waals surface area contributed by atoms with Crippen molar-refractivity contribution < 1.29 is 4.74 Å². The van der Waals surface area contributed by atoms with Gasteiger partial charge in [-0.25, -0.2) is 0 Å². The van der Waals surface area contributed by atoms with E-state index in [2.05, 4.69) is 32.7 Å². The quantitative estimate of drug-likeness (QED) is 0.511. The van der Waals surface area contributed by atoms with E-state index in [9.17, 15) is 0 Å². The number of rotatable bonds is 9. The van der Waals surface area contributed by atoms with Crippen molar-refractivity contribution in [3.8, 4) is 5.75 Å². The average molecular weight is 389 g/mol. The smallest absolute Gasteiger partial charge is 0.191 e. The Bertz CT molecular complexity index is 734. The fourth-order valence-corrected chi connectivity index (χ4v) is 2.76. The minimum atomic E-state index is 0.648. The molecule has 0 heterocycles. The topological polar surface area (TPSA) is 48.9 Å². The third-order valence-corrected chi connectivity index (χ3v) is 4.27. The summed E-state index contributed by atoms with van der Waals surface area (Å²) in [4.78, 5) is 6.39. The molecule has 0 aliphatic rings. The monoisotopic (exact) mass is 388 g/mol. The van der Waals surface area contributed by atoms with Crippen molar-refractivity contribution in [3.05, 3.63) is 64.7 Å². The summed E-state index contributed by atoms with van der Waals surface area (Å²) in [5, 5.41) is 7.44. The van der Waals surface area contributed by atoms with Crippen LogP contribution in [-0.4, -0.2) is 51.7 Å². The van der Waals surface area contributed by atoms with Crippen molar-refractivity contribution in [1.82, 2.24) is 15.5 Å². The van der Waals surface area contributed by atoms with Crippen LogP contribution in [0.1, 0.15) is 11.1 Å². The van der Waals surface area contributed by atoms with Crippen LogP contribution in [0, 0.1) is 0 Å². The molecule has 0 spiro atoms. The van der Waals surface area contributed by atoms with E-state index < -0.39 is 0 Å². The number of likely N-dealkylation sites (N-methyl/N-ethyl adjacent to an activating group) is 1. The normalized spacial score (nSPS) is 11.5. The molecule has 27 heavy (non-hydrogen) atoms. The summed E-state index contributed by atoms with van der Waals surface area (Å²) >= 11 is 6.03. The molecular weight excluding hydrogens is 360 g/mol. The van der Waals surface area contributed by atoms with Crippen LogP contribution in [0.2, 0.25) is 5.02 Å². The standard InChI is InChI=1S/C21H29ClN4O/c1-23-21(24-12-11-17-7-6-9-19(22)15-17)25-16-18-8-4-5-10-20(18)27-14-13-26(2)3/h4-10,15H,11-14,16H2,1-3H3,(H2,23,24,25). The summed E-state index contributed by atoms with van der Waals surface area (Å²) in [5.41, 5.74) is 2.30. The number of hydrogen-bond acceptors (Lipinski definition) is 3. The maximum Gasteiger partial charge on any atom is 0.191 e. The Kier molecular flexibility index (Phi) is 8.95. The van der Waals surface area contributed by atoms with E-state index in [0.29, 0.717) is 13.2 Å². The molecule has 0 atom stereocenters. The Morgan fingerprint density at radius 2 is 1.93 bits per heavy atom. The van der Waals surface area contributed by atoms with Crippen LogP contribution in [0.4, 0.5) is 0 Å². The highest BCUT2D eigenvalue weighted by molar-refractivity contribution is 6.30. The minimum absolute atomic E-state index is 0.648. The Morgan fingerprint density at radius 3 is 2.67 bits per heavy atom. The van der Waals surface area contributed by atoms with Gasteiger partial charge in [-0.05, 0) is 44.3 Å². The van der Waals surface area contributed by atoms with Gasteiger partial charge in [-0.3, -0.25) is 4.99 Å². The number of aliphatic imine (C=N–C) groups is 1. The molecule has 0 aliphatic carbocycles. The van der Waals surface area contributed by atoms with Gasteiger partial charge in [-0.15, -0.1) is 0 Å². The zero-order chi connectivity index (χ0) is 19.5. The molecule has 0 bridgehead atoms. The van der Waals surface area contributed by atoms with Gasteiger partial charge < -0.3 is 20.3 Å². The van der Waals surface area contributed by atoms with Crippen molar-refractivity contribution in [3.63, 3.8) is 0 Å². The van der Waals surface area contributed by atoms with Crippen LogP contribution >= 0.6 is 11.6 Å². The van der Waals surface area contributed by atoms with E-state index in [-0.39, 0.29) is 0 Å². The molecule has 6 heteroatoms. The first-order valence-electron chi connectivity index (χ1n) is 9.13. The summed E-state index contributed by atoms with van der Waals surface area (Å²) in [6.07, 6.45) is 0.880. The second-order valence-electron chi connectivity index (χ2n) is 6.49. The summed E-state index contributed by atoms with van der Waals surface area (Å²) in [6.45, 7) is 2.97. The minimum Gasteiger partial charge on any atom is -0.492 e. The number of para-hydroxylation sites is 1. The third-order valence-electron chi connectivity index (χ3n) is 4.03. The van der Waals surface area contributed by atoms with Gasteiger partial charge in [0.25, 0.3) is 0 Å². The number of halogens is 1.